The molecule has 0 spiro atoms. The third kappa shape index (κ3) is 2.03. The van der Waals surface area contributed by atoms with Gasteiger partial charge in [-0.1, -0.05) is 22.0 Å². The molecule has 0 aliphatic rings. The van der Waals surface area contributed by atoms with E-state index in [1.54, 1.807) is 0 Å². The number of nitrogens with one attached hydrogen (secondary N) is 1. The first kappa shape index (κ1) is 8.18. The van der Waals surface area contributed by atoms with Crippen LogP contribution in [0.1, 0.15) is 0 Å². The summed E-state index contributed by atoms with van der Waals surface area (Å²) in [5.41, 5.74) is 3.89. The van der Waals surface area contributed by atoms with Crippen molar-refractivity contribution in [3.05, 3.63) is 35.1 Å². The Bertz CT molecular complexity index is 386. The lowest BCUT2D eigenvalue weighted by molar-refractivity contribution is 0.738. The molecule has 0 amide bonds. The second-order valence-corrected chi connectivity index (χ2v) is 3.29. The Labute approximate surface area is 82.9 Å². The molecule has 2 rings (SSSR count). The second-order valence-electron chi connectivity index (χ2n) is 2.38. The quantitative estimate of drug-likeness (QED) is 0.859. The third-order valence-corrected chi connectivity index (χ3v) is 1.91. The fourth-order valence-electron chi connectivity index (χ4n) is 0.903. The van der Waals surface area contributed by atoms with Gasteiger partial charge in [0.2, 0.25) is 0 Å². The van der Waals surface area contributed by atoms with Crippen molar-refractivity contribution in [2.24, 2.45) is 0 Å². The summed E-state index contributed by atoms with van der Waals surface area (Å²) < 4.78 is 1.01. The van der Waals surface area contributed by atoms with Crippen LogP contribution in [-0.2, 0) is 0 Å². The molecule has 13 heavy (non-hydrogen) atoms. The normalized spacial score (nSPS) is 9.92. The predicted octanol–water partition coefficient (Wildman–Crippen LogP) is 1.31. The molecule has 0 atom stereocenters. The Morgan fingerprint density at radius 2 is 2.31 bits per heavy atom. The lowest BCUT2D eigenvalue weighted by atomic mass is 10.3. The summed E-state index contributed by atoms with van der Waals surface area (Å²) in [5, 5.41) is 10.7. The van der Waals surface area contributed by atoms with Gasteiger partial charge >= 0.3 is 0 Å². The molecule has 0 saturated heterocycles. The lowest BCUT2D eigenvalue weighted by Gasteiger charge is -2.03. The maximum absolute atomic E-state index is 3.67. The molecule has 1 aromatic heterocycles. The maximum Gasteiger partial charge on any atom is 0.161 e. The molecule has 1 N–H and O–H groups in total. The average Bonchev–Trinajstić information content (AvgIpc) is 2.57. The summed E-state index contributed by atoms with van der Waals surface area (Å²) in [6, 6.07) is 7.73. The van der Waals surface area contributed by atoms with Crippen molar-refractivity contribution >= 4 is 21.6 Å². The molecule has 6 heteroatoms. The smallest absolute Gasteiger partial charge is 0.161 e. The van der Waals surface area contributed by atoms with Gasteiger partial charge in [0.15, 0.2) is 6.33 Å². The van der Waals surface area contributed by atoms with Crippen molar-refractivity contribution in [1.29, 1.82) is 0 Å². The number of anilines is 1. The van der Waals surface area contributed by atoms with Crippen molar-refractivity contribution in [3.8, 4) is 0 Å². The lowest BCUT2D eigenvalue weighted by Crippen LogP contribution is -2.09. The van der Waals surface area contributed by atoms with E-state index in [2.05, 4.69) is 36.9 Å². The summed E-state index contributed by atoms with van der Waals surface area (Å²) in [5.74, 6) is 0. The van der Waals surface area contributed by atoms with Crippen LogP contribution in [0.4, 0.5) is 5.69 Å². The average molecular weight is 240 g/mol. The van der Waals surface area contributed by atoms with E-state index in [1.807, 2.05) is 24.3 Å². The van der Waals surface area contributed by atoms with Gasteiger partial charge in [0.1, 0.15) is 0 Å². The van der Waals surface area contributed by atoms with E-state index in [0.717, 1.165) is 10.2 Å². The van der Waals surface area contributed by atoms with Crippen LogP contribution in [0.15, 0.2) is 35.1 Å². The van der Waals surface area contributed by atoms with Gasteiger partial charge in [0.25, 0.3) is 0 Å². The first-order valence-corrected chi connectivity index (χ1v) is 4.39. The molecular formula is C7H6BrN5. The topological polar surface area (TPSA) is 55.6 Å². The van der Waals surface area contributed by atoms with Crippen LogP contribution in [0.3, 0.4) is 0 Å². The second kappa shape index (κ2) is 3.53. The molecule has 0 aliphatic carbocycles. The highest BCUT2D eigenvalue weighted by atomic mass is 79.9. The van der Waals surface area contributed by atoms with Crippen LogP contribution in [0.5, 0.6) is 0 Å². The van der Waals surface area contributed by atoms with Gasteiger partial charge in [-0.2, -0.15) is 0 Å². The number of nitrogens with zero attached hydrogens (tertiary/aromatic N) is 4. The fourth-order valence-corrected chi connectivity index (χ4v) is 1.30. The number of rotatable bonds is 2. The minimum absolute atomic E-state index is 0.918. The molecule has 0 aliphatic heterocycles. The van der Waals surface area contributed by atoms with Crippen molar-refractivity contribution < 1.29 is 0 Å². The van der Waals surface area contributed by atoms with E-state index in [4.69, 9.17) is 0 Å². The zero-order valence-corrected chi connectivity index (χ0v) is 8.14. The van der Waals surface area contributed by atoms with E-state index in [0.29, 0.717) is 0 Å². The van der Waals surface area contributed by atoms with Crippen molar-refractivity contribution in [1.82, 2.24) is 20.3 Å². The van der Waals surface area contributed by atoms with Gasteiger partial charge in [0.05, 0.1) is 5.69 Å². The van der Waals surface area contributed by atoms with Gasteiger partial charge in [-0.25, -0.2) is 0 Å². The largest absolute Gasteiger partial charge is 0.275 e. The van der Waals surface area contributed by atoms with E-state index >= 15 is 0 Å². The summed E-state index contributed by atoms with van der Waals surface area (Å²) >= 11 is 3.37. The van der Waals surface area contributed by atoms with Crippen molar-refractivity contribution in [3.63, 3.8) is 0 Å². The molecule has 0 radical (unpaired) electrons. The summed E-state index contributed by atoms with van der Waals surface area (Å²) in [6.07, 6.45) is 1.49. The van der Waals surface area contributed by atoms with Crippen LogP contribution >= 0.6 is 15.9 Å². The maximum atomic E-state index is 3.67. The Morgan fingerprint density at radius 3 is 3.00 bits per heavy atom. The molecule has 5 nitrogen and oxygen atoms in total. The van der Waals surface area contributed by atoms with Crippen LogP contribution < -0.4 is 5.43 Å². The number of benzene rings is 1. The van der Waals surface area contributed by atoms with Crippen molar-refractivity contribution in [2.45, 2.75) is 0 Å². The zero-order valence-electron chi connectivity index (χ0n) is 6.55. The summed E-state index contributed by atoms with van der Waals surface area (Å²) in [7, 11) is 0. The van der Waals surface area contributed by atoms with E-state index < -0.39 is 0 Å². The molecule has 1 aromatic carbocycles. The van der Waals surface area contributed by atoms with Gasteiger partial charge < -0.3 is 0 Å². The van der Waals surface area contributed by atoms with Crippen LogP contribution in [0, 0.1) is 0 Å². The van der Waals surface area contributed by atoms with Crippen molar-refractivity contribution in [2.75, 3.05) is 5.43 Å². The molecule has 66 valence electrons. The standard InChI is InChI=1S/C7H6BrN5/c8-6-2-1-3-7(4-6)10-13-5-9-11-12-13/h1-5,10H. The van der Waals surface area contributed by atoms with Crippen LogP contribution in [-0.4, -0.2) is 20.3 Å². The Balaban J connectivity index is 2.19. The Morgan fingerprint density at radius 1 is 1.38 bits per heavy atom. The van der Waals surface area contributed by atoms with E-state index in [-0.39, 0.29) is 0 Å². The predicted molar refractivity (Wildman–Crippen MR) is 51.0 cm³/mol. The highest BCUT2D eigenvalue weighted by Crippen LogP contribution is 2.15. The van der Waals surface area contributed by atoms with Gasteiger partial charge in [-0.15, -0.1) is 9.89 Å². The van der Waals surface area contributed by atoms with Gasteiger partial charge in [0, 0.05) is 4.47 Å². The van der Waals surface area contributed by atoms with E-state index in [9.17, 15) is 0 Å². The number of halogens is 1. The molecule has 0 fully saturated rings. The monoisotopic (exact) mass is 239 g/mol. The zero-order chi connectivity index (χ0) is 9.10. The van der Waals surface area contributed by atoms with Crippen LogP contribution in [0.2, 0.25) is 0 Å². The fraction of sp³-hybridized carbons (Fsp3) is 0. The summed E-state index contributed by atoms with van der Waals surface area (Å²) in [6.45, 7) is 0. The molecule has 0 unspecified atom stereocenters. The Kier molecular flexibility index (Phi) is 2.22. The number of aromatic nitrogens is 4. The minimum Gasteiger partial charge on any atom is -0.275 e. The van der Waals surface area contributed by atoms with Crippen LogP contribution in [0.25, 0.3) is 0 Å². The third-order valence-electron chi connectivity index (χ3n) is 1.42. The molecule has 2 aromatic rings. The minimum atomic E-state index is 0.918. The van der Waals surface area contributed by atoms with Gasteiger partial charge in [-0.3, -0.25) is 5.43 Å². The molecule has 1 heterocycles. The molecule has 0 saturated carbocycles. The van der Waals surface area contributed by atoms with E-state index in [1.165, 1.54) is 11.1 Å². The number of tetrazole rings is 1. The van der Waals surface area contributed by atoms with Gasteiger partial charge in [-0.05, 0) is 28.6 Å². The molecular weight excluding hydrogens is 234 g/mol. The first-order chi connectivity index (χ1) is 6.34. The molecule has 0 bridgehead atoms. The SMILES string of the molecule is Brc1cccc(Nn2cnnn2)c1. The highest BCUT2D eigenvalue weighted by molar-refractivity contribution is 9.10. The first-order valence-electron chi connectivity index (χ1n) is 3.60. The number of hydrogen-bond donors (Lipinski definition) is 1. The number of hydrogen-bond acceptors (Lipinski definition) is 4. The highest BCUT2D eigenvalue weighted by Gasteiger charge is 1.94. The summed E-state index contributed by atoms with van der Waals surface area (Å²) in [4.78, 5) is 1.43. The Hall–Kier alpha value is -1.43.